The van der Waals surface area contributed by atoms with E-state index in [4.69, 9.17) is 0 Å². The zero-order valence-corrected chi connectivity index (χ0v) is 6.21. The lowest BCUT2D eigenvalue weighted by atomic mass is 9.90. The monoisotopic (exact) mass is 136 g/mol. The molecule has 1 heteroatoms. The van der Waals surface area contributed by atoms with Crippen LogP contribution in [-0.2, 0) is 4.79 Å². The largest absolute Gasteiger partial charge is 0.300 e. The molecule has 0 spiro atoms. The van der Waals surface area contributed by atoms with Gasteiger partial charge in [0.15, 0.2) is 0 Å². The number of ketones is 1. The van der Waals surface area contributed by atoms with E-state index in [2.05, 4.69) is 12.2 Å². The zero-order chi connectivity index (χ0) is 7.14. The van der Waals surface area contributed by atoms with Gasteiger partial charge in [0.1, 0.15) is 5.78 Å². The van der Waals surface area contributed by atoms with Crippen LogP contribution in [0.1, 0.15) is 19.8 Å². The molecular weight excluding hydrogens is 124 g/mol. The molecule has 0 aromatic carbocycles. The highest BCUT2D eigenvalue weighted by Gasteiger charge is 2.37. The predicted octanol–water partition coefficient (Wildman–Crippen LogP) is 1.79. The molecule has 1 saturated carbocycles. The lowest BCUT2D eigenvalue weighted by Gasteiger charge is -2.13. The molecule has 0 amide bonds. The van der Waals surface area contributed by atoms with Gasteiger partial charge in [0.25, 0.3) is 0 Å². The van der Waals surface area contributed by atoms with Crippen LogP contribution >= 0.6 is 0 Å². The number of allylic oxidation sites excluding steroid dienone is 2. The fraction of sp³-hybridized carbons (Fsp3) is 0.667. The SMILES string of the molecule is CC(=O)[C@H]1C[C@@H]2C=C[C@H]1C2. The smallest absolute Gasteiger partial charge is 0.133 e. The van der Waals surface area contributed by atoms with Gasteiger partial charge in [-0.15, -0.1) is 0 Å². The van der Waals surface area contributed by atoms with Crippen LogP contribution in [0.4, 0.5) is 0 Å². The summed E-state index contributed by atoms with van der Waals surface area (Å²) in [6, 6.07) is 0. The van der Waals surface area contributed by atoms with Gasteiger partial charge in [0, 0.05) is 5.92 Å². The van der Waals surface area contributed by atoms with Crippen LogP contribution < -0.4 is 0 Å². The zero-order valence-electron chi connectivity index (χ0n) is 6.21. The number of Topliss-reactive ketones (excluding diaryl/α,β-unsaturated/α-hetero) is 1. The summed E-state index contributed by atoms with van der Waals surface area (Å²) in [6.07, 6.45) is 6.85. The van der Waals surface area contributed by atoms with Gasteiger partial charge in [-0.05, 0) is 31.6 Å². The Balaban J connectivity index is 2.16. The minimum atomic E-state index is 0.370. The first kappa shape index (κ1) is 6.14. The standard InChI is InChI=1S/C9H12O/c1-6(10)9-5-7-2-3-8(9)4-7/h2-3,7-9H,4-5H2,1H3/t7-,8+,9-/m1/s1. The van der Waals surface area contributed by atoms with Crippen molar-refractivity contribution in [1.29, 1.82) is 0 Å². The molecule has 0 aromatic rings. The van der Waals surface area contributed by atoms with Crippen LogP contribution in [-0.4, -0.2) is 5.78 Å². The fourth-order valence-electron chi connectivity index (χ4n) is 2.25. The van der Waals surface area contributed by atoms with Gasteiger partial charge in [0.2, 0.25) is 0 Å². The van der Waals surface area contributed by atoms with E-state index in [0.717, 1.165) is 12.3 Å². The van der Waals surface area contributed by atoms with Gasteiger partial charge < -0.3 is 0 Å². The topological polar surface area (TPSA) is 17.1 Å². The van der Waals surface area contributed by atoms with Gasteiger partial charge >= 0.3 is 0 Å². The first-order valence-electron chi connectivity index (χ1n) is 3.96. The van der Waals surface area contributed by atoms with Crippen LogP contribution in [0.3, 0.4) is 0 Å². The molecule has 0 aliphatic heterocycles. The average Bonchev–Trinajstić information content (AvgIpc) is 2.44. The van der Waals surface area contributed by atoms with E-state index in [1.165, 1.54) is 6.42 Å². The summed E-state index contributed by atoms with van der Waals surface area (Å²) in [5, 5.41) is 0. The van der Waals surface area contributed by atoms with E-state index >= 15 is 0 Å². The van der Waals surface area contributed by atoms with Crippen LogP contribution in [0, 0.1) is 17.8 Å². The first-order valence-corrected chi connectivity index (χ1v) is 3.96. The highest BCUT2D eigenvalue weighted by atomic mass is 16.1. The van der Waals surface area contributed by atoms with Crippen molar-refractivity contribution in [2.24, 2.45) is 17.8 Å². The summed E-state index contributed by atoms with van der Waals surface area (Å²) in [4.78, 5) is 11.0. The second-order valence-corrected chi connectivity index (χ2v) is 3.50. The predicted molar refractivity (Wildman–Crippen MR) is 39.5 cm³/mol. The first-order chi connectivity index (χ1) is 4.77. The van der Waals surface area contributed by atoms with E-state index in [0.29, 0.717) is 17.6 Å². The van der Waals surface area contributed by atoms with E-state index in [-0.39, 0.29) is 0 Å². The number of carbonyl (C=O) groups excluding carboxylic acids is 1. The Hall–Kier alpha value is -0.590. The Morgan fingerprint density at radius 1 is 1.40 bits per heavy atom. The third kappa shape index (κ3) is 0.731. The van der Waals surface area contributed by atoms with Crippen LogP contribution in [0.25, 0.3) is 0 Å². The second kappa shape index (κ2) is 1.94. The van der Waals surface area contributed by atoms with Crippen molar-refractivity contribution in [3.8, 4) is 0 Å². The number of hydrogen-bond donors (Lipinski definition) is 0. The van der Waals surface area contributed by atoms with Crippen molar-refractivity contribution in [3.63, 3.8) is 0 Å². The van der Waals surface area contributed by atoms with Gasteiger partial charge in [-0.3, -0.25) is 4.79 Å². The molecule has 0 radical (unpaired) electrons. The molecule has 0 N–H and O–H groups in total. The molecule has 3 atom stereocenters. The lowest BCUT2D eigenvalue weighted by molar-refractivity contribution is -0.121. The Kier molecular flexibility index (Phi) is 1.19. The Morgan fingerprint density at radius 2 is 2.20 bits per heavy atom. The van der Waals surface area contributed by atoms with Crippen molar-refractivity contribution in [1.82, 2.24) is 0 Å². The molecule has 0 saturated heterocycles. The van der Waals surface area contributed by atoms with Crippen LogP contribution in [0.15, 0.2) is 12.2 Å². The maximum Gasteiger partial charge on any atom is 0.133 e. The van der Waals surface area contributed by atoms with Crippen LogP contribution in [0.5, 0.6) is 0 Å². The Morgan fingerprint density at radius 3 is 2.50 bits per heavy atom. The Labute approximate surface area is 61.1 Å². The summed E-state index contributed by atoms with van der Waals surface area (Å²) < 4.78 is 0. The third-order valence-electron chi connectivity index (χ3n) is 2.80. The van der Waals surface area contributed by atoms with E-state index in [9.17, 15) is 4.79 Å². The highest BCUT2D eigenvalue weighted by Crippen LogP contribution is 2.43. The van der Waals surface area contributed by atoms with Gasteiger partial charge in [-0.2, -0.15) is 0 Å². The fourth-order valence-corrected chi connectivity index (χ4v) is 2.25. The lowest BCUT2D eigenvalue weighted by Crippen LogP contribution is -2.15. The summed E-state index contributed by atoms with van der Waals surface area (Å²) in [5.74, 6) is 2.09. The van der Waals surface area contributed by atoms with E-state index < -0.39 is 0 Å². The molecule has 2 rings (SSSR count). The van der Waals surface area contributed by atoms with Crippen molar-refractivity contribution in [2.45, 2.75) is 19.8 Å². The van der Waals surface area contributed by atoms with Gasteiger partial charge in [-0.25, -0.2) is 0 Å². The quantitative estimate of drug-likeness (QED) is 0.502. The van der Waals surface area contributed by atoms with Gasteiger partial charge in [-0.1, -0.05) is 12.2 Å². The molecule has 2 aliphatic carbocycles. The molecule has 0 aromatic heterocycles. The van der Waals surface area contributed by atoms with E-state index in [1.54, 1.807) is 6.92 Å². The minimum absolute atomic E-state index is 0.370. The normalized spacial score (nSPS) is 42.7. The molecule has 1 nitrogen and oxygen atoms in total. The maximum absolute atomic E-state index is 11.0. The third-order valence-corrected chi connectivity index (χ3v) is 2.80. The molecule has 54 valence electrons. The highest BCUT2D eigenvalue weighted by molar-refractivity contribution is 5.79. The maximum atomic E-state index is 11.0. The van der Waals surface area contributed by atoms with Crippen molar-refractivity contribution in [3.05, 3.63) is 12.2 Å². The van der Waals surface area contributed by atoms with E-state index in [1.807, 2.05) is 0 Å². The molecule has 10 heavy (non-hydrogen) atoms. The molecule has 0 heterocycles. The van der Waals surface area contributed by atoms with Gasteiger partial charge in [0.05, 0.1) is 0 Å². The van der Waals surface area contributed by atoms with Crippen molar-refractivity contribution >= 4 is 5.78 Å². The average molecular weight is 136 g/mol. The molecule has 0 unspecified atom stereocenters. The Bertz CT molecular complexity index is 193. The number of carbonyl (C=O) groups is 1. The van der Waals surface area contributed by atoms with Crippen molar-refractivity contribution in [2.75, 3.05) is 0 Å². The summed E-state index contributed by atoms with van der Waals surface area (Å²) in [7, 11) is 0. The summed E-state index contributed by atoms with van der Waals surface area (Å²) in [5.41, 5.74) is 0. The van der Waals surface area contributed by atoms with Crippen molar-refractivity contribution < 1.29 is 4.79 Å². The molecular formula is C9H12O. The number of rotatable bonds is 1. The second-order valence-electron chi connectivity index (χ2n) is 3.50. The summed E-state index contributed by atoms with van der Waals surface area (Å²) >= 11 is 0. The summed E-state index contributed by atoms with van der Waals surface area (Å²) in [6.45, 7) is 1.72. The number of hydrogen-bond acceptors (Lipinski definition) is 1. The molecule has 2 aliphatic rings. The minimum Gasteiger partial charge on any atom is -0.300 e. The molecule has 1 fully saturated rings. The molecule has 2 bridgehead atoms. The van der Waals surface area contributed by atoms with Crippen LogP contribution in [0.2, 0.25) is 0 Å². The number of fused-ring (bicyclic) bond motifs is 2.